The van der Waals surface area contributed by atoms with Gasteiger partial charge in [0.2, 0.25) is 0 Å². The number of fused-ring (bicyclic) bond motifs is 1. The minimum atomic E-state index is -0.242. The fourth-order valence-corrected chi connectivity index (χ4v) is 6.41. The molecule has 0 saturated carbocycles. The fraction of sp³-hybridized carbons (Fsp3) is 0.600. The molecule has 0 amide bonds. The van der Waals surface area contributed by atoms with Gasteiger partial charge in [0.25, 0.3) is 5.56 Å². The molecule has 9 heteroatoms. The van der Waals surface area contributed by atoms with E-state index in [9.17, 15) is 9.18 Å². The molecule has 4 atom stereocenters. The van der Waals surface area contributed by atoms with Crippen molar-refractivity contribution in [2.75, 3.05) is 31.7 Å². The van der Waals surface area contributed by atoms with Crippen LogP contribution in [0, 0.1) is 5.82 Å². The Morgan fingerprint density at radius 3 is 2.64 bits per heavy atom. The minimum absolute atomic E-state index is 0.0316. The van der Waals surface area contributed by atoms with Crippen molar-refractivity contribution >= 4 is 16.7 Å². The molecule has 2 aliphatic heterocycles. The number of methoxy groups -OCH3 is 1. The van der Waals surface area contributed by atoms with Crippen LogP contribution in [0.4, 0.5) is 10.1 Å². The van der Waals surface area contributed by atoms with Gasteiger partial charge in [-0.05, 0) is 62.3 Å². The van der Waals surface area contributed by atoms with E-state index >= 15 is 0 Å². The summed E-state index contributed by atoms with van der Waals surface area (Å²) < 4.78 is 29.1. The van der Waals surface area contributed by atoms with Gasteiger partial charge in [0.15, 0.2) is 0 Å². The lowest BCUT2D eigenvalue weighted by Crippen LogP contribution is -2.59. The van der Waals surface area contributed by atoms with Crippen LogP contribution < -0.4 is 10.5 Å². The van der Waals surface area contributed by atoms with Gasteiger partial charge < -0.3 is 18.9 Å². The first-order chi connectivity index (χ1) is 18.9. The van der Waals surface area contributed by atoms with Crippen molar-refractivity contribution in [2.45, 2.75) is 83.8 Å². The molecule has 2 fully saturated rings. The van der Waals surface area contributed by atoms with Crippen molar-refractivity contribution < 1.29 is 13.9 Å². The average Bonchev–Trinajstić information content (AvgIpc) is 3.41. The Balaban J connectivity index is 1.50. The monoisotopic (exact) mass is 539 g/mol. The molecule has 212 valence electrons. The van der Waals surface area contributed by atoms with Crippen LogP contribution >= 0.6 is 0 Å². The first-order valence-electron chi connectivity index (χ1n) is 14.4. The van der Waals surface area contributed by atoms with Crippen LogP contribution in [-0.4, -0.2) is 58.1 Å². The van der Waals surface area contributed by atoms with E-state index < -0.39 is 0 Å². The van der Waals surface area contributed by atoms with Gasteiger partial charge in [0.05, 0.1) is 24.0 Å². The van der Waals surface area contributed by atoms with Crippen molar-refractivity contribution in [1.82, 2.24) is 19.2 Å². The number of benzene rings is 1. The maximum atomic E-state index is 14.1. The molecule has 2 aromatic heterocycles. The molecule has 8 nitrogen and oxygen atoms in total. The quantitative estimate of drug-likeness (QED) is 0.394. The molecule has 0 N–H and O–H groups in total. The van der Waals surface area contributed by atoms with Gasteiger partial charge in [0, 0.05) is 58.0 Å². The van der Waals surface area contributed by atoms with Crippen molar-refractivity contribution in [3.05, 3.63) is 57.8 Å². The molecule has 4 heterocycles. The maximum absolute atomic E-state index is 14.1. The summed E-state index contributed by atoms with van der Waals surface area (Å²) in [5, 5.41) is 5.00. The summed E-state index contributed by atoms with van der Waals surface area (Å²) in [6.07, 6.45) is 6.88. The molecular formula is C30H42FN5O3. The lowest BCUT2D eigenvalue weighted by atomic mass is 9.94. The number of piperazine rings is 1. The molecule has 1 aromatic carbocycles. The Hall–Kier alpha value is -2.75. The van der Waals surface area contributed by atoms with Crippen LogP contribution in [0.15, 0.2) is 35.3 Å². The largest absolute Gasteiger partial charge is 0.380 e. The van der Waals surface area contributed by atoms with Gasteiger partial charge in [-0.15, -0.1) is 0 Å². The number of nitrogens with zero attached hydrogens (tertiary/aromatic N) is 5. The number of hydrogen-bond donors (Lipinski definition) is 0. The van der Waals surface area contributed by atoms with Crippen LogP contribution in [0.2, 0.25) is 0 Å². The first kappa shape index (κ1) is 27.8. The van der Waals surface area contributed by atoms with Gasteiger partial charge in [0.1, 0.15) is 17.6 Å². The van der Waals surface area contributed by atoms with Crippen LogP contribution in [0.3, 0.4) is 0 Å². The third-order valence-electron chi connectivity index (χ3n) is 8.70. The Labute approximate surface area is 230 Å². The average molecular weight is 540 g/mol. The highest BCUT2D eigenvalue weighted by Crippen LogP contribution is 2.36. The second-order valence-corrected chi connectivity index (χ2v) is 11.0. The van der Waals surface area contributed by atoms with E-state index in [2.05, 4.69) is 30.6 Å². The lowest BCUT2D eigenvalue weighted by molar-refractivity contribution is -0.0390. The molecule has 2 saturated heterocycles. The standard InChI is InChI=1S/C30H42FN5O3/c1-6-23-17-35(24(7-2)16-34(23)20(3)25-12-11-22(31)14-21(25)19-38-5)26-15-28(37)33(4)27-18-36(32-30(26)27)29-10-8-9-13-39-29/h11-12,14-15,18,20,23-24,29H,6-10,13,16-17,19H2,1-5H3/t20?,23-,24+,29?/m1/s1. The summed E-state index contributed by atoms with van der Waals surface area (Å²) in [7, 11) is 3.46. The second-order valence-electron chi connectivity index (χ2n) is 11.0. The zero-order valence-electron chi connectivity index (χ0n) is 23.9. The minimum Gasteiger partial charge on any atom is -0.380 e. The SMILES string of the molecule is CC[C@H]1CN(C(C)c2ccc(F)cc2COC)[C@H](CC)CN1c1cc(=O)n(C)c2cn(C3CCCCO3)nc12. The van der Waals surface area contributed by atoms with Crippen LogP contribution in [0.1, 0.15) is 76.3 Å². The number of rotatable bonds is 8. The third-order valence-corrected chi connectivity index (χ3v) is 8.70. The molecule has 2 unspecified atom stereocenters. The summed E-state index contributed by atoms with van der Waals surface area (Å²) in [5.41, 5.74) is 4.54. The first-order valence-corrected chi connectivity index (χ1v) is 14.4. The number of hydrogen-bond acceptors (Lipinski definition) is 6. The van der Waals surface area contributed by atoms with E-state index in [1.54, 1.807) is 29.9 Å². The highest BCUT2D eigenvalue weighted by Gasteiger charge is 2.37. The number of pyridine rings is 1. The van der Waals surface area contributed by atoms with Crippen molar-refractivity contribution in [2.24, 2.45) is 7.05 Å². The van der Waals surface area contributed by atoms with Crippen molar-refractivity contribution in [3.63, 3.8) is 0 Å². The van der Waals surface area contributed by atoms with Gasteiger partial charge in [-0.1, -0.05) is 19.9 Å². The van der Waals surface area contributed by atoms with E-state index in [0.29, 0.717) is 6.61 Å². The van der Waals surface area contributed by atoms with Gasteiger partial charge >= 0.3 is 0 Å². The van der Waals surface area contributed by atoms with Gasteiger partial charge in [-0.3, -0.25) is 9.69 Å². The summed E-state index contributed by atoms with van der Waals surface area (Å²) in [6.45, 7) is 9.36. The summed E-state index contributed by atoms with van der Waals surface area (Å²) in [4.78, 5) is 18.1. The summed E-state index contributed by atoms with van der Waals surface area (Å²) in [6, 6.07) is 7.35. The normalized spacial score (nSPS) is 23.4. The predicted molar refractivity (Wildman–Crippen MR) is 152 cm³/mol. The third kappa shape index (κ3) is 5.36. The zero-order chi connectivity index (χ0) is 27.7. The topological polar surface area (TPSA) is 64.8 Å². The Morgan fingerprint density at radius 2 is 1.95 bits per heavy atom. The Morgan fingerprint density at radius 1 is 1.15 bits per heavy atom. The molecule has 0 aliphatic carbocycles. The molecule has 0 spiro atoms. The summed E-state index contributed by atoms with van der Waals surface area (Å²) in [5.74, 6) is -0.242. The summed E-state index contributed by atoms with van der Waals surface area (Å²) >= 11 is 0. The van der Waals surface area contributed by atoms with E-state index in [4.69, 9.17) is 14.6 Å². The number of ether oxygens (including phenoxy) is 2. The van der Waals surface area contributed by atoms with E-state index in [1.807, 2.05) is 24.0 Å². The Kier molecular flexibility index (Phi) is 8.40. The molecular weight excluding hydrogens is 497 g/mol. The molecule has 3 aromatic rings. The number of anilines is 1. The molecule has 5 rings (SSSR count). The number of aromatic nitrogens is 3. The molecule has 39 heavy (non-hydrogen) atoms. The van der Waals surface area contributed by atoms with Crippen molar-refractivity contribution in [3.8, 4) is 0 Å². The maximum Gasteiger partial charge on any atom is 0.252 e. The smallest absolute Gasteiger partial charge is 0.252 e. The highest BCUT2D eigenvalue weighted by molar-refractivity contribution is 5.88. The molecule has 2 aliphatic rings. The number of aryl methyl sites for hydroxylation is 1. The zero-order valence-corrected chi connectivity index (χ0v) is 23.9. The van der Waals surface area contributed by atoms with E-state index in [0.717, 1.165) is 79.6 Å². The second kappa shape index (κ2) is 11.8. The van der Waals surface area contributed by atoms with Crippen LogP contribution in [0.5, 0.6) is 0 Å². The number of halogens is 1. The predicted octanol–water partition coefficient (Wildman–Crippen LogP) is 5.16. The van der Waals surface area contributed by atoms with Crippen LogP contribution in [-0.2, 0) is 23.1 Å². The van der Waals surface area contributed by atoms with Gasteiger partial charge in [-0.2, -0.15) is 5.10 Å². The molecule has 0 bridgehead atoms. The highest BCUT2D eigenvalue weighted by atomic mass is 19.1. The fourth-order valence-electron chi connectivity index (χ4n) is 6.41. The van der Waals surface area contributed by atoms with Crippen LogP contribution in [0.25, 0.3) is 11.0 Å². The lowest BCUT2D eigenvalue weighted by Gasteiger charge is -2.49. The van der Waals surface area contributed by atoms with E-state index in [1.165, 1.54) is 0 Å². The Bertz CT molecular complexity index is 1350. The molecule has 0 radical (unpaired) electrons. The van der Waals surface area contributed by atoms with Gasteiger partial charge in [-0.25, -0.2) is 9.07 Å². The van der Waals surface area contributed by atoms with Crippen molar-refractivity contribution in [1.29, 1.82) is 0 Å². The van der Waals surface area contributed by atoms with E-state index in [-0.39, 0.29) is 35.7 Å².